The average Bonchev–Trinajstić information content (AvgIpc) is 2.53. The van der Waals surface area contributed by atoms with E-state index in [9.17, 15) is 5.11 Å². The lowest BCUT2D eigenvalue weighted by Crippen LogP contribution is -2.23. The van der Waals surface area contributed by atoms with Crippen molar-refractivity contribution in [3.63, 3.8) is 0 Å². The van der Waals surface area contributed by atoms with Crippen molar-refractivity contribution < 1.29 is 9.84 Å². The minimum Gasteiger partial charge on any atom is -0.497 e. The summed E-state index contributed by atoms with van der Waals surface area (Å²) in [7, 11) is 3.69. The third kappa shape index (κ3) is 2.44. The third-order valence-electron chi connectivity index (χ3n) is 2.96. The minimum atomic E-state index is -0.688. The van der Waals surface area contributed by atoms with Gasteiger partial charge in [-0.2, -0.15) is 0 Å². The van der Waals surface area contributed by atoms with Crippen molar-refractivity contribution in [2.24, 2.45) is 7.05 Å². The molecule has 17 heavy (non-hydrogen) atoms. The number of aromatic nitrogens is 1. The molecule has 0 unspecified atom stereocenters. The molecule has 1 aromatic heterocycles. The Bertz CT molecular complexity index is 535. The number of ether oxygens (including phenoxy) is 1. The SMILES string of the molecule is COc1ccc2c(c1)cc(CC(C)(C)O)n2C. The highest BCUT2D eigenvalue weighted by Gasteiger charge is 2.17. The van der Waals surface area contributed by atoms with Crippen LogP contribution in [0.1, 0.15) is 19.5 Å². The smallest absolute Gasteiger partial charge is 0.119 e. The van der Waals surface area contributed by atoms with Crippen LogP contribution in [0, 0.1) is 0 Å². The van der Waals surface area contributed by atoms with Crippen LogP contribution in [0.4, 0.5) is 0 Å². The second-order valence-corrected chi connectivity index (χ2v) is 5.11. The number of aliphatic hydroxyl groups is 1. The predicted octanol–water partition coefficient (Wildman–Crippen LogP) is 2.50. The van der Waals surface area contributed by atoms with Crippen molar-refractivity contribution >= 4 is 10.9 Å². The van der Waals surface area contributed by atoms with Crippen LogP contribution >= 0.6 is 0 Å². The zero-order chi connectivity index (χ0) is 12.6. The van der Waals surface area contributed by atoms with Crippen molar-refractivity contribution in [3.8, 4) is 5.75 Å². The summed E-state index contributed by atoms with van der Waals surface area (Å²) < 4.78 is 7.33. The van der Waals surface area contributed by atoms with Gasteiger partial charge < -0.3 is 14.4 Å². The Hall–Kier alpha value is -1.48. The lowest BCUT2D eigenvalue weighted by atomic mass is 10.0. The van der Waals surface area contributed by atoms with Crippen LogP contribution in [0.2, 0.25) is 0 Å². The van der Waals surface area contributed by atoms with E-state index in [0.29, 0.717) is 6.42 Å². The Labute approximate surface area is 102 Å². The average molecular weight is 233 g/mol. The van der Waals surface area contributed by atoms with Crippen molar-refractivity contribution in [1.29, 1.82) is 0 Å². The van der Waals surface area contributed by atoms with E-state index in [2.05, 4.69) is 10.6 Å². The number of fused-ring (bicyclic) bond motifs is 1. The van der Waals surface area contributed by atoms with Crippen molar-refractivity contribution in [2.75, 3.05) is 7.11 Å². The Morgan fingerprint density at radius 2 is 2.00 bits per heavy atom. The van der Waals surface area contributed by atoms with E-state index in [4.69, 9.17) is 4.74 Å². The van der Waals surface area contributed by atoms with Crippen molar-refractivity contribution in [2.45, 2.75) is 25.9 Å². The van der Waals surface area contributed by atoms with Crippen molar-refractivity contribution in [1.82, 2.24) is 4.57 Å². The van der Waals surface area contributed by atoms with Gasteiger partial charge in [-0.25, -0.2) is 0 Å². The van der Waals surface area contributed by atoms with Crippen LogP contribution in [-0.4, -0.2) is 22.4 Å². The zero-order valence-corrected chi connectivity index (χ0v) is 10.8. The topological polar surface area (TPSA) is 34.4 Å². The Balaban J connectivity index is 2.49. The molecule has 3 nitrogen and oxygen atoms in total. The molecular weight excluding hydrogens is 214 g/mol. The lowest BCUT2D eigenvalue weighted by molar-refractivity contribution is 0.0793. The van der Waals surface area contributed by atoms with E-state index in [1.165, 1.54) is 0 Å². The molecule has 0 saturated carbocycles. The second kappa shape index (κ2) is 4.08. The van der Waals surface area contributed by atoms with Crippen LogP contribution in [0.25, 0.3) is 10.9 Å². The molecule has 0 bridgehead atoms. The number of rotatable bonds is 3. The van der Waals surface area contributed by atoms with Gasteiger partial charge in [0, 0.05) is 30.1 Å². The number of nitrogens with zero attached hydrogens (tertiary/aromatic N) is 1. The normalized spacial score (nSPS) is 12.1. The molecule has 0 spiro atoms. The fraction of sp³-hybridized carbons (Fsp3) is 0.429. The quantitative estimate of drug-likeness (QED) is 0.884. The standard InChI is InChI=1S/C14H19NO2/c1-14(2,16)9-11-7-10-8-12(17-4)5-6-13(10)15(11)3/h5-8,16H,9H2,1-4H3. The molecule has 2 rings (SSSR count). The number of hydrogen-bond donors (Lipinski definition) is 1. The minimum absolute atomic E-state index is 0.639. The summed E-state index contributed by atoms with van der Waals surface area (Å²) in [6, 6.07) is 8.12. The first-order chi connectivity index (χ1) is 7.90. The van der Waals surface area contributed by atoms with Crippen LogP contribution in [0.5, 0.6) is 5.75 Å². The number of aryl methyl sites for hydroxylation is 1. The highest BCUT2D eigenvalue weighted by molar-refractivity contribution is 5.82. The van der Waals surface area contributed by atoms with E-state index in [1.807, 2.05) is 39.1 Å². The van der Waals surface area contributed by atoms with Gasteiger partial charge in [-0.15, -0.1) is 0 Å². The molecule has 0 atom stereocenters. The molecule has 0 aliphatic heterocycles. The van der Waals surface area contributed by atoms with Crippen molar-refractivity contribution in [3.05, 3.63) is 30.0 Å². The van der Waals surface area contributed by atoms with E-state index < -0.39 is 5.60 Å². The van der Waals surface area contributed by atoms with Gasteiger partial charge in [0.25, 0.3) is 0 Å². The van der Waals surface area contributed by atoms with Gasteiger partial charge in [0.2, 0.25) is 0 Å². The summed E-state index contributed by atoms with van der Waals surface area (Å²) in [5.41, 5.74) is 1.59. The second-order valence-electron chi connectivity index (χ2n) is 5.11. The van der Waals surface area contributed by atoms with Crippen LogP contribution in [0.3, 0.4) is 0 Å². The fourth-order valence-corrected chi connectivity index (χ4v) is 2.12. The molecule has 0 saturated heterocycles. The summed E-state index contributed by atoms with van der Waals surface area (Å²) in [4.78, 5) is 0. The highest BCUT2D eigenvalue weighted by atomic mass is 16.5. The molecule has 0 aliphatic rings. The summed E-state index contributed by atoms with van der Waals surface area (Å²) in [6.45, 7) is 3.65. The largest absolute Gasteiger partial charge is 0.497 e. The molecule has 0 radical (unpaired) electrons. The van der Waals surface area contributed by atoms with E-state index >= 15 is 0 Å². The van der Waals surface area contributed by atoms with Gasteiger partial charge in [0.1, 0.15) is 5.75 Å². The zero-order valence-electron chi connectivity index (χ0n) is 10.8. The van der Waals surface area contributed by atoms with E-state index in [0.717, 1.165) is 22.3 Å². The molecule has 0 aliphatic carbocycles. The predicted molar refractivity (Wildman–Crippen MR) is 69.5 cm³/mol. The van der Waals surface area contributed by atoms with Gasteiger partial charge in [-0.3, -0.25) is 0 Å². The molecule has 1 heterocycles. The fourth-order valence-electron chi connectivity index (χ4n) is 2.12. The number of hydrogen-bond acceptors (Lipinski definition) is 2. The summed E-state index contributed by atoms with van der Waals surface area (Å²) >= 11 is 0. The number of benzene rings is 1. The third-order valence-corrected chi connectivity index (χ3v) is 2.96. The van der Waals surface area contributed by atoms with Crippen LogP contribution in [-0.2, 0) is 13.5 Å². The maximum Gasteiger partial charge on any atom is 0.119 e. The first-order valence-corrected chi connectivity index (χ1v) is 5.75. The van der Waals surface area contributed by atoms with Gasteiger partial charge in [-0.05, 0) is 38.1 Å². The Morgan fingerprint density at radius 3 is 2.59 bits per heavy atom. The van der Waals surface area contributed by atoms with E-state index in [-0.39, 0.29) is 0 Å². The Morgan fingerprint density at radius 1 is 1.29 bits per heavy atom. The van der Waals surface area contributed by atoms with Crippen LogP contribution < -0.4 is 4.74 Å². The summed E-state index contributed by atoms with van der Waals surface area (Å²) in [5, 5.41) is 11.0. The molecule has 0 amide bonds. The first kappa shape index (κ1) is 12.0. The summed E-state index contributed by atoms with van der Waals surface area (Å²) in [5.74, 6) is 0.859. The molecule has 0 fully saturated rings. The molecule has 2 aromatic rings. The highest BCUT2D eigenvalue weighted by Crippen LogP contribution is 2.25. The molecule has 3 heteroatoms. The van der Waals surface area contributed by atoms with Gasteiger partial charge in [-0.1, -0.05) is 0 Å². The Kier molecular flexibility index (Phi) is 2.87. The molecule has 1 aromatic carbocycles. The van der Waals surface area contributed by atoms with Crippen LogP contribution in [0.15, 0.2) is 24.3 Å². The lowest BCUT2D eigenvalue weighted by Gasteiger charge is -2.17. The monoisotopic (exact) mass is 233 g/mol. The maximum atomic E-state index is 9.88. The molecule has 1 N–H and O–H groups in total. The van der Waals surface area contributed by atoms with E-state index in [1.54, 1.807) is 7.11 Å². The first-order valence-electron chi connectivity index (χ1n) is 5.75. The maximum absolute atomic E-state index is 9.88. The molecule has 92 valence electrons. The van der Waals surface area contributed by atoms with Gasteiger partial charge in [0.15, 0.2) is 0 Å². The molecular formula is C14H19NO2. The van der Waals surface area contributed by atoms with Gasteiger partial charge in [0.05, 0.1) is 12.7 Å². The number of methoxy groups -OCH3 is 1. The van der Waals surface area contributed by atoms with Gasteiger partial charge >= 0.3 is 0 Å². The summed E-state index contributed by atoms with van der Waals surface area (Å²) in [6.07, 6.45) is 0.639.